The summed E-state index contributed by atoms with van der Waals surface area (Å²) in [7, 11) is -4.27. The first-order chi connectivity index (χ1) is 9.21. The van der Waals surface area contributed by atoms with Crippen LogP contribution in [0.5, 0.6) is 5.75 Å². The number of phenols is 1. The van der Waals surface area contributed by atoms with E-state index in [4.69, 9.17) is 0 Å². The normalized spacial score (nSPS) is 11.6. The van der Waals surface area contributed by atoms with Gasteiger partial charge in [0.05, 0.1) is 0 Å². The van der Waals surface area contributed by atoms with Crippen molar-refractivity contribution in [2.45, 2.75) is 25.7 Å². The first-order valence-corrected chi connectivity index (χ1v) is 7.53. The Bertz CT molecular complexity index is 759. The van der Waals surface area contributed by atoms with Gasteiger partial charge in [0.25, 0.3) is 10.1 Å². The number of benzene rings is 2. The van der Waals surface area contributed by atoms with Gasteiger partial charge in [-0.25, -0.2) is 0 Å². The Morgan fingerprint density at radius 1 is 0.950 bits per heavy atom. The SMILES string of the molecule is Cc1cc(C)c(S(=O)(=O)O)c(C)c1-c1ccc(O)cc1. The molecule has 0 spiro atoms. The molecule has 106 valence electrons. The van der Waals surface area contributed by atoms with Crippen molar-refractivity contribution in [1.82, 2.24) is 0 Å². The van der Waals surface area contributed by atoms with E-state index in [1.807, 2.05) is 6.92 Å². The molecule has 0 atom stereocenters. The molecule has 20 heavy (non-hydrogen) atoms. The molecular formula is C15H16O4S. The molecule has 0 saturated heterocycles. The number of aryl methyl sites for hydroxylation is 2. The maximum Gasteiger partial charge on any atom is 0.295 e. The Morgan fingerprint density at radius 3 is 2.00 bits per heavy atom. The van der Waals surface area contributed by atoms with E-state index in [0.29, 0.717) is 11.1 Å². The molecule has 0 saturated carbocycles. The largest absolute Gasteiger partial charge is 0.508 e. The summed E-state index contributed by atoms with van der Waals surface area (Å²) >= 11 is 0. The van der Waals surface area contributed by atoms with Crippen molar-refractivity contribution < 1.29 is 18.1 Å². The minimum absolute atomic E-state index is 0.0498. The third kappa shape index (κ3) is 2.55. The second kappa shape index (κ2) is 4.92. The van der Waals surface area contributed by atoms with Crippen LogP contribution < -0.4 is 0 Å². The van der Waals surface area contributed by atoms with Crippen molar-refractivity contribution in [3.63, 3.8) is 0 Å². The van der Waals surface area contributed by atoms with Crippen molar-refractivity contribution in [3.8, 4) is 16.9 Å². The Morgan fingerprint density at radius 2 is 1.50 bits per heavy atom. The van der Waals surface area contributed by atoms with Crippen LogP contribution in [0.4, 0.5) is 0 Å². The quantitative estimate of drug-likeness (QED) is 0.833. The van der Waals surface area contributed by atoms with Crippen LogP contribution in [0, 0.1) is 20.8 Å². The number of hydrogen-bond acceptors (Lipinski definition) is 3. The molecule has 0 bridgehead atoms. The predicted molar refractivity (Wildman–Crippen MR) is 77.6 cm³/mol. The second-order valence-corrected chi connectivity index (χ2v) is 6.22. The molecule has 5 heteroatoms. The molecule has 0 fully saturated rings. The summed E-state index contributed by atoms with van der Waals surface area (Å²) in [4.78, 5) is -0.0498. The molecule has 0 amide bonds. The molecule has 0 heterocycles. The van der Waals surface area contributed by atoms with Gasteiger partial charge in [-0.05, 0) is 60.7 Å². The summed E-state index contributed by atoms with van der Waals surface area (Å²) in [5, 5.41) is 9.33. The summed E-state index contributed by atoms with van der Waals surface area (Å²) < 4.78 is 32.5. The van der Waals surface area contributed by atoms with E-state index in [2.05, 4.69) is 0 Å². The molecular weight excluding hydrogens is 276 g/mol. The zero-order chi connectivity index (χ0) is 15.1. The van der Waals surface area contributed by atoms with Crippen LogP contribution in [0.25, 0.3) is 11.1 Å². The smallest absolute Gasteiger partial charge is 0.295 e. The van der Waals surface area contributed by atoms with Crippen molar-refractivity contribution in [2.75, 3.05) is 0 Å². The van der Waals surface area contributed by atoms with E-state index in [-0.39, 0.29) is 10.6 Å². The lowest BCUT2D eigenvalue weighted by atomic mass is 9.94. The minimum Gasteiger partial charge on any atom is -0.508 e. The maximum atomic E-state index is 11.5. The second-order valence-electron chi connectivity index (χ2n) is 4.86. The van der Waals surface area contributed by atoms with Gasteiger partial charge in [0.2, 0.25) is 0 Å². The molecule has 0 radical (unpaired) electrons. The highest BCUT2D eigenvalue weighted by molar-refractivity contribution is 7.86. The summed E-state index contributed by atoms with van der Waals surface area (Å²) in [6.45, 7) is 5.21. The van der Waals surface area contributed by atoms with Gasteiger partial charge < -0.3 is 5.11 Å². The number of phenolic OH excluding ortho intramolecular Hbond substituents is 1. The van der Waals surface area contributed by atoms with Crippen molar-refractivity contribution >= 4 is 10.1 Å². The van der Waals surface area contributed by atoms with Crippen molar-refractivity contribution in [2.24, 2.45) is 0 Å². The molecule has 0 aliphatic carbocycles. The van der Waals surface area contributed by atoms with Crippen LogP contribution in [0.2, 0.25) is 0 Å². The topological polar surface area (TPSA) is 74.6 Å². The molecule has 4 nitrogen and oxygen atoms in total. The van der Waals surface area contributed by atoms with Gasteiger partial charge >= 0.3 is 0 Å². The number of aromatic hydroxyl groups is 1. The van der Waals surface area contributed by atoms with Crippen LogP contribution >= 0.6 is 0 Å². The van der Waals surface area contributed by atoms with Gasteiger partial charge in [0.15, 0.2) is 0 Å². The van der Waals surface area contributed by atoms with E-state index in [1.165, 1.54) is 0 Å². The lowest BCUT2D eigenvalue weighted by molar-refractivity contribution is 0.475. The van der Waals surface area contributed by atoms with Crippen LogP contribution in [-0.2, 0) is 10.1 Å². The Kier molecular flexibility index (Phi) is 3.58. The van der Waals surface area contributed by atoms with Gasteiger partial charge in [0, 0.05) is 0 Å². The average Bonchev–Trinajstić information content (AvgIpc) is 2.28. The standard InChI is InChI=1S/C15H16O4S/c1-9-8-10(2)15(20(17,18)19)11(3)14(9)12-4-6-13(16)7-5-12/h4-8,16H,1-3H3,(H,17,18,19). The monoisotopic (exact) mass is 292 g/mol. The van der Waals surface area contributed by atoms with Crippen molar-refractivity contribution in [3.05, 3.63) is 47.0 Å². The van der Waals surface area contributed by atoms with Crippen LogP contribution in [0.15, 0.2) is 35.2 Å². The molecule has 0 aliphatic rings. The molecule has 0 unspecified atom stereocenters. The minimum atomic E-state index is -4.27. The summed E-state index contributed by atoms with van der Waals surface area (Å²) in [5.74, 6) is 0.145. The Hall–Kier alpha value is -1.85. The summed E-state index contributed by atoms with van der Waals surface area (Å²) in [6.07, 6.45) is 0. The highest BCUT2D eigenvalue weighted by Crippen LogP contribution is 2.34. The lowest BCUT2D eigenvalue weighted by Crippen LogP contribution is -2.06. The first kappa shape index (κ1) is 14.6. The van der Waals surface area contributed by atoms with Crippen LogP contribution in [0.1, 0.15) is 16.7 Å². The molecule has 2 N–H and O–H groups in total. The number of hydrogen-bond donors (Lipinski definition) is 2. The van der Waals surface area contributed by atoms with Gasteiger partial charge in [-0.2, -0.15) is 8.42 Å². The fourth-order valence-electron chi connectivity index (χ4n) is 2.64. The van der Waals surface area contributed by atoms with Crippen molar-refractivity contribution in [1.29, 1.82) is 0 Å². The predicted octanol–water partition coefficient (Wildman–Crippen LogP) is 3.23. The molecule has 2 aromatic carbocycles. The lowest BCUT2D eigenvalue weighted by Gasteiger charge is -2.16. The van der Waals surface area contributed by atoms with Gasteiger partial charge in [0.1, 0.15) is 10.6 Å². The van der Waals surface area contributed by atoms with E-state index in [0.717, 1.165) is 16.7 Å². The average molecular weight is 292 g/mol. The summed E-state index contributed by atoms with van der Waals surface area (Å²) in [5.41, 5.74) is 3.49. The van der Waals surface area contributed by atoms with Gasteiger partial charge in [-0.1, -0.05) is 18.2 Å². The highest BCUT2D eigenvalue weighted by atomic mass is 32.2. The Balaban J connectivity index is 2.81. The van der Waals surface area contributed by atoms with Crippen LogP contribution in [-0.4, -0.2) is 18.1 Å². The third-order valence-electron chi connectivity index (χ3n) is 3.32. The van der Waals surface area contributed by atoms with E-state index < -0.39 is 10.1 Å². The van der Waals surface area contributed by atoms with E-state index in [9.17, 15) is 18.1 Å². The molecule has 0 aromatic heterocycles. The molecule has 2 aromatic rings. The summed E-state index contributed by atoms with van der Waals surface area (Å²) in [6, 6.07) is 8.25. The van der Waals surface area contributed by atoms with Crippen LogP contribution in [0.3, 0.4) is 0 Å². The highest BCUT2D eigenvalue weighted by Gasteiger charge is 2.21. The van der Waals surface area contributed by atoms with E-state index in [1.54, 1.807) is 44.2 Å². The van der Waals surface area contributed by atoms with Gasteiger partial charge in [-0.15, -0.1) is 0 Å². The molecule has 0 aliphatic heterocycles. The first-order valence-electron chi connectivity index (χ1n) is 6.09. The fourth-order valence-corrected chi connectivity index (χ4v) is 3.59. The molecule has 2 rings (SSSR count). The zero-order valence-corrected chi connectivity index (χ0v) is 12.3. The maximum absolute atomic E-state index is 11.5. The third-order valence-corrected chi connectivity index (χ3v) is 4.46. The number of rotatable bonds is 2. The zero-order valence-electron chi connectivity index (χ0n) is 11.5. The Labute approximate surface area is 118 Å². The van der Waals surface area contributed by atoms with E-state index >= 15 is 0 Å². The fraction of sp³-hybridized carbons (Fsp3) is 0.200. The van der Waals surface area contributed by atoms with Gasteiger partial charge in [-0.3, -0.25) is 4.55 Å².